The molecule has 1 fully saturated rings. The Hall–Kier alpha value is -1.98. The van der Waals surface area contributed by atoms with E-state index < -0.39 is 5.54 Å². The Morgan fingerprint density at radius 3 is 2.23 bits per heavy atom. The highest BCUT2D eigenvalue weighted by atomic mass is 16.2. The Labute approximate surface area is 131 Å². The maximum atomic E-state index is 12.7. The van der Waals surface area contributed by atoms with Crippen molar-refractivity contribution in [2.45, 2.75) is 45.6 Å². The number of piperazine rings is 1. The third kappa shape index (κ3) is 2.82. The van der Waals surface area contributed by atoms with E-state index in [0.717, 1.165) is 0 Å². The van der Waals surface area contributed by atoms with Gasteiger partial charge >= 0.3 is 0 Å². The molecule has 2 rings (SSSR count). The third-order valence-corrected chi connectivity index (χ3v) is 4.02. The van der Waals surface area contributed by atoms with Gasteiger partial charge in [-0.2, -0.15) is 0 Å². The smallest absolute Gasteiger partial charge is 0.257 e. The van der Waals surface area contributed by atoms with E-state index in [1.807, 2.05) is 20.8 Å². The van der Waals surface area contributed by atoms with Gasteiger partial charge in [0.05, 0.1) is 5.56 Å². The molecule has 1 aromatic rings. The fraction of sp³-hybridized carbons (Fsp3) is 0.625. The number of hydrogen-bond donors (Lipinski definition) is 0. The van der Waals surface area contributed by atoms with Crippen LogP contribution in [0.3, 0.4) is 0 Å². The van der Waals surface area contributed by atoms with Crippen molar-refractivity contribution in [2.24, 2.45) is 0 Å². The highest BCUT2D eigenvalue weighted by Gasteiger charge is 2.43. The van der Waals surface area contributed by atoms with Crippen LogP contribution in [-0.2, 0) is 10.2 Å². The summed E-state index contributed by atoms with van der Waals surface area (Å²) in [6.07, 6.45) is 3.10. The van der Waals surface area contributed by atoms with Crippen molar-refractivity contribution in [1.29, 1.82) is 0 Å². The van der Waals surface area contributed by atoms with Crippen LogP contribution in [0.2, 0.25) is 0 Å². The van der Waals surface area contributed by atoms with Crippen molar-refractivity contribution in [3.05, 3.63) is 23.8 Å². The van der Waals surface area contributed by atoms with E-state index in [1.54, 1.807) is 43.1 Å². The zero-order valence-electron chi connectivity index (χ0n) is 14.2. The van der Waals surface area contributed by atoms with Crippen LogP contribution in [0.15, 0.2) is 12.4 Å². The number of likely N-dealkylation sites (N-methyl/N-ethyl adjacent to an activating group) is 1. The first-order chi connectivity index (χ1) is 10.0. The van der Waals surface area contributed by atoms with Gasteiger partial charge in [0, 0.05) is 37.9 Å². The first kappa shape index (κ1) is 16.4. The van der Waals surface area contributed by atoms with Crippen molar-refractivity contribution in [3.8, 4) is 0 Å². The van der Waals surface area contributed by atoms with E-state index in [4.69, 9.17) is 0 Å². The van der Waals surface area contributed by atoms with Crippen LogP contribution in [0.1, 0.15) is 50.8 Å². The number of carbonyl (C=O) groups excluding carboxylic acids is 2. The lowest BCUT2D eigenvalue weighted by Gasteiger charge is -2.44. The number of rotatable bonds is 1. The lowest BCUT2D eigenvalue weighted by molar-refractivity contribution is -0.144. The van der Waals surface area contributed by atoms with E-state index in [1.165, 1.54) is 0 Å². The van der Waals surface area contributed by atoms with Gasteiger partial charge in [0.1, 0.15) is 11.4 Å². The lowest BCUT2D eigenvalue weighted by atomic mass is 9.95. The Bertz CT molecular complexity index is 587. The minimum atomic E-state index is -0.854. The van der Waals surface area contributed by atoms with Gasteiger partial charge in [0.15, 0.2) is 0 Å². The molecule has 1 aliphatic rings. The zero-order valence-corrected chi connectivity index (χ0v) is 14.2. The molecule has 2 amide bonds. The second-order valence-corrected chi connectivity index (χ2v) is 7.29. The fourth-order valence-corrected chi connectivity index (χ4v) is 2.55. The third-order valence-electron chi connectivity index (χ3n) is 4.02. The largest absolute Gasteiger partial charge is 0.342 e. The summed E-state index contributed by atoms with van der Waals surface area (Å²) >= 11 is 0. The van der Waals surface area contributed by atoms with Crippen molar-refractivity contribution in [1.82, 2.24) is 19.8 Å². The molecule has 0 N–H and O–H groups in total. The predicted octanol–water partition coefficient (Wildman–Crippen LogP) is 1.47. The minimum Gasteiger partial charge on any atom is -0.342 e. The van der Waals surface area contributed by atoms with E-state index in [0.29, 0.717) is 24.5 Å². The molecular formula is C16H24N4O2. The van der Waals surface area contributed by atoms with E-state index in [-0.39, 0.29) is 17.2 Å². The van der Waals surface area contributed by atoms with Gasteiger partial charge in [-0.15, -0.1) is 0 Å². The summed E-state index contributed by atoms with van der Waals surface area (Å²) in [5.74, 6) is 0.434. The fourth-order valence-electron chi connectivity index (χ4n) is 2.55. The molecule has 1 aromatic heterocycles. The zero-order chi connectivity index (χ0) is 16.7. The Kier molecular flexibility index (Phi) is 3.98. The molecule has 0 saturated carbocycles. The van der Waals surface area contributed by atoms with E-state index in [2.05, 4.69) is 9.97 Å². The van der Waals surface area contributed by atoms with Gasteiger partial charge < -0.3 is 9.80 Å². The molecule has 0 radical (unpaired) electrons. The second-order valence-electron chi connectivity index (χ2n) is 7.29. The van der Waals surface area contributed by atoms with Crippen LogP contribution in [0.5, 0.6) is 0 Å². The summed E-state index contributed by atoms with van der Waals surface area (Å²) in [6, 6.07) is 0. The summed E-state index contributed by atoms with van der Waals surface area (Å²) in [5.41, 5.74) is -0.601. The lowest BCUT2D eigenvalue weighted by Crippen LogP contribution is -2.63. The summed E-state index contributed by atoms with van der Waals surface area (Å²) < 4.78 is 0. The first-order valence-corrected chi connectivity index (χ1v) is 7.45. The second kappa shape index (κ2) is 5.34. The van der Waals surface area contributed by atoms with Crippen molar-refractivity contribution >= 4 is 11.8 Å². The topological polar surface area (TPSA) is 66.4 Å². The summed E-state index contributed by atoms with van der Waals surface area (Å²) in [5, 5.41) is 0. The average Bonchev–Trinajstić information content (AvgIpc) is 2.43. The maximum absolute atomic E-state index is 12.7. The maximum Gasteiger partial charge on any atom is 0.257 e. The molecule has 0 spiro atoms. The molecule has 6 nitrogen and oxygen atoms in total. The van der Waals surface area contributed by atoms with Crippen LogP contribution in [0.4, 0.5) is 0 Å². The summed E-state index contributed by atoms with van der Waals surface area (Å²) in [4.78, 5) is 36.8. The molecule has 6 heteroatoms. The molecule has 0 bridgehead atoms. The van der Waals surface area contributed by atoms with Gasteiger partial charge in [-0.3, -0.25) is 9.59 Å². The Morgan fingerprint density at radius 2 is 1.73 bits per heavy atom. The van der Waals surface area contributed by atoms with Gasteiger partial charge in [-0.1, -0.05) is 20.8 Å². The van der Waals surface area contributed by atoms with Crippen molar-refractivity contribution in [3.63, 3.8) is 0 Å². The van der Waals surface area contributed by atoms with E-state index in [9.17, 15) is 9.59 Å². The Balaban J connectivity index is 2.26. The minimum absolute atomic E-state index is 0.0562. The van der Waals surface area contributed by atoms with Gasteiger partial charge in [0.25, 0.3) is 5.91 Å². The van der Waals surface area contributed by atoms with Crippen LogP contribution < -0.4 is 0 Å². The molecule has 1 saturated heterocycles. The van der Waals surface area contributed by atoms with Crippen LogP contribution >= 0.6 is 0 Å². The standard InChI is InChI=1S/C16H24N4O2/c1-15(2,3)13-17-9-11(10-18-13)12(21)20-8-7-19(6)14(22)16(20,4)5/h9-10H,7-8H2,1-6H3. The molecule has 1 aliphatic heterocycles. The number of nitrogens with zero attached hydrogens (tertiary/aromatic N) is 4. The van der Waals surface area contributed by atoms with Gasteiger partial charge in [-0.25, -0.2) is 9.97 Å². The van der Waals surface area contributed by atoms with Crippen LogP contribution in [0.25, 0.3) is 0 Å². The molecule has 22 heavy (non-hydrogen) atoms. The number of hydrogen-bond acceptors (Lipinski definition) is 4. The van der Waals surface area contributed by atoms with Crippen molar-refractivity contribution < 1.29 is 9.59 Å². The highest BCUT2D eigenvalue weighted by molar-refractivity contribution is 5.99. The summed E-state index contributed by atoms with van der Waals surface area (Å²) in [7, 11) is 1.76. The molecular weight excluding hydrogens is 280 g/mol. The van der Waals surface area contributed by atoms with Crippen LogP contribution in [-0.4, -0.2) is 57.3 Å². The predicted molar refractivity (Wildman–Crippen MR) is 83.5 cm³/mol. The first-order valence-electron chi connectivity index (χ1n) is 7.45. The highest BCUT2D eigenvalue weighted by Crippen LogP contribution is 2.24. The molecule has 0 unspecified atom stereocenters. The van der Waals surface area contributed by atoms with Gasteiger partial charge in [-0.05, 0) is 13.8 Å². The quantitative estimate of drug-likeness (QED) is 0.788. The van der Waals surface area contributed by atoms with Gasteiger partial charge in [0.2, 0.25) is 5.91 Å². The Morgan fingerprint density at radius 1 is 1.18 bits per heavy atom. The van der Waals surface area contributed by atoms with Crippen LogP contribution in [0, 0.1) is 0 Å². The molecule has 0 aromatic carbocycles. The van der Waals surface area contributed by atoms with Crippen molar-refractivity contribution in [2.75, 3.05) is 20.1 Å². The summed E-state index contributed by atoms with van der Waals surface area (Å²) in [6.45, 7) is 10.6. The normalized spacial score (nSPS) is 18.5. The monoisotopic (exact) mass is 304 g/mol. The van der Waals surface area contributed by atoms with E-state index >= 15 is 0 Å². The number of carbonyl (C=O) groups is 2. The number of amides is 2. The molecule has 120 valence electrons. The molecule has 0 atom stereocenters. The molecule has 2 heterocycles. The average molecular weight is 304 g/mol. The SMILES string of the molecule is CN1CCN(C(=O)c2cnc(C(C)(C)C)nc2)C(C)(C)C1=O. The number of aromatic nitrogens is 2. The molecule has 0 aliphatic carbocycles.